The van der Waals surface area contributed by atoms with Gasteiger partial charge in [-0.25, -0.2) is 14.5 Å². The Kier molecular flexibility index (Phi) is 4.34. The van der Waals surface area contributed by atoms with Gasteiger partial charge in [0.25, 0.3) is 0 Å². The summed E-state index contributed by atoms with van der Waals surface area (Å²) in [5.41, 5.74) is 3.38. The normalized spacial score (nSPS) is 19.5. The molecular formula is C20H22N8O. The molecule has 4 aromatic heterocycles. The minimum Gasteiger partial charge on any atom is -0.354 e. The maximum atomic E-state index is 11.2. The Labute approximate surface area is 167 Å². The van der Waals surface area contributed by atoms with Crippen molar-refractivity contribution in [3.63, 3.8) is 0 Å². The van der Waals surface area contributed by atoms with Crippen molar-refractivity contribution in [2.75, 3.05) is 5.32 Å². The highest BCUT2D eigenvalue weighted by molar-refractivity contribution is 5.92. The number of hydrogen-bond acceptors (Lipinski definition) is 6. The summed E-state index contributed by atoms with van der Waals surface area (Å²) >= 11 is 0. The van der Waals surface area contributed by atoms with Crippen LogP contribution in [0.2, 0.25) is 0 Å². The van der Waals surface area contributed by atoms with Gasteiger partial charge in [-0.2, -0.15) is 10.1 Å². The van der Waals surface area contributed by atoms with Gasteiger partial charge in [0.1, 0.15) is 5.65 Å². The van der Waals surface area contributed by atoms with Gasteiger partial charge in [-0.15, -0.1) is 0 Å². The van der Waals surface area contributed by atoms with E-state index >= 15 is 0 Å². The van der Waals surface area contributed by atoms with Crippen molar-refractivity contribution in [2.45, 2.75) is 44.7 Å². The van der Waals surface area contributed by atoms with Gasteiger partial charge >= 0.3 is 0 Å². The third-order valence-corrected chi connectivity index (χ3v) is 5.43. The van der Waals surface area contributed by atoms with E-state index in [1.54, 1.807) is 17.6 Å². The molecule has 1 aliphatic carbocycles. The van der Waals surface area contributed by atoms with Crippen LogP contribution in [0, 0.1) is 0 Å². The number of rotatable bonds is 4. The van der Waals surface area contributed by atoms with Crippen molar-refractivity contribution >= 4 is 28.5 Å². The molecule has 0 saturated heterocycles. The lowest BCUT2D eigenvalue weighted by molar-refractivity contribution is -0.119. The van der Waals surface area contributed by atoms with Crippen molar-refractivity contribution in [3.05, 3.63) is 36.9 Å². The molecule has 0 aliphatic heterocycles. The summed E-state index contributed by atoms with van der Waals surface area (Å²) in [6.45, 7) is 1.57. The summed E-state index contributed by atoms with van der Waals surface area (Å²) in [7, 11) is 0. The fraction of sp³-hybridized carbons (Fsp3) is 0.350. The predicted molar refractivity (Wildman–Crippen MR) is 109 cm³/mol. The van der Waals surface area contributed by atoms with Gasteiger partial charge in [-0.1, -0.05) is 0 Å². The molecule has 148 valence electrons. The molecule has 0 unspecified atom stereocenters. The molecule has 29 heavy (non-hydrogen) atoms. The topological polar surface area (TPSA) is 113 Å². The van der Waals surface area contributed by atoms with E-state index in [0.29, 0.717) is 12.0 Å². The van der Waals surface area contributed by atoms with E-state index in [1.807, 2.05) is 30.7 Å². The highest BCUT2D eigenvalue weighted by Gasteiger charge is 2.22. The molecule has 1 saturated carbocycles. The van der Waals surface area contributed by atoms with Gasteiger partial charge in [-0.05, 0) is 37.8 Å². The van der Waals surface area contributed by atoms with Gasteiger partial charge in [0.15, 0.2) is 5.65 Å². The fourth-order valence-corrected chi connectivity index (χ4v) is 4.00. The van der Waals surface area contributed by atoms with Crippen molar-refractivity contribution in [1.29, 1.82) is 0 Å². The first kappa shape index (κ1) is 17.6. The van der Waals surface area contributed by atoms with Crippen LogP contribution >= 0.6 is 0 Å². The number of amides is 1. The molecule has 9 heteroatoms. The van der Waals surface area contributed by atoms with Crippen LogP contribution in [0.3, 0.4) is 0 Å². The zero-order valence-corrected chi connectivity index (χ0v) is 16.1. The number of aromatic amines is 1. The second kappa shape index (κ2) is 7.16. The average molecular weight is 390 g/mol. The van der Waals surface area contributed by atoms with Crippen LogP contribution in [-0.4, -0.2) is 47.5 Å². The second-order valence-electron chi connectivity index (χ2n) is 7.50. The summed E-state index contributed by atoms with van der Waals surface area (Å²) in [5, 5.41) is 12.0. The molecule has 4 aromatic rings. The lowest BCUT2D eigenvalue weighted by atomic mass is 9.91. The molecule has 4 heterocycles. The Bertz CT molecular complexity index is 1170. The third-order valence-electron chi connectivity index (χ3n) is 5.43. The summed E-state index contributed by atoms with van der Waals surface area (Å²) in [4.78, 5) is 27.8. The number of anilines is 1. The molecular weight excluding hydrogens is 368 g/mol. The summed E-state index contributed by atoms with van der Waals surface area (Å²) in [6, 6.07) is 4.48. The maximum absolute atomic E-state index is 11.2. The first-order chi connectivity index (χ1) is 14.2. The van der Waals surface area contributed by atoms with E-state index < -0.39 is 0 Å². The monoisotopic (exact) mass is 390 g/mol. The molecule has 1 amide bonds. The lowest BCUT2D eigenvalue weighted by Gasteiger charge is -2.29. The van der Waals surface area contributed by atoms with Gasteiger partial charge in [0.05, 0.1) is 5.69 Å². The van der Waals surface area contributed by atoms with Crippen molar-refractivity contribution in [1.82, 2.24) is 34.9 Å². The Balaban J connectivity index is 1.32. The summed E-state index contributed by atoms with van der Waals surface area (Å²) in [5.74, 6) is 0.659. The van der Waals surface area contributed by atoms with E-state index in [1.165, 1.54) is 0 Å². The Morgan fingerprint density at radius 1 is 1.17 bits per heavy atom. The summed E-state index contributed by atoms with van der Waals surface area (Å²) < 4.78 is 1.75. The lowest BCUT2D eigenvalue weighted by Crippen LogP contribution is -2.39. The largest absolute Gasteiger partial charge is 0.354 e. The molecule has 0 aromatic carbocycles. The van der Waals surface area contributed by atoms with Crippen LogP contribution in [0.4, 0.5) is 5.95 Å². The Hall–Kier alpha value is -3.49. The van der Waals surface area contributed by atoms with Gasteiger partial charge < -0.3 is 15.6 Å². The van der Waals surface area contributed by atoms with Crippen molar-refractivity contribution in [2.24, 2.45) is 0 Å². The predicted octanol–water partition coefficient (Wildman–Crippen LogP) is 2.53. The molecule has 0 radical (unpaired) electrons. The average Bonchev–Trinajstić information content (AvgIpc) is 3.35. The number of carbonyl (C=O) groups excluding carboxylic acids is 1. The minimum absolute atomic E-state index is 0.0411. The zero-order valence-electron chi connectivity index (χ0n) is 16.1. The van der Waals surface area contributed by atoms with Crippen LogP contribution in [0.1, 0.15) is 32.6 Å². The SMILES string of the molecule is CC(=O)N[C@H]1CC[C@@H](Nc2ncc3c(-c4ccc5nccn5n4)c[nH]c3n2)CC1. The van der Waals surface area contributed by atoms with Crippen LogP contribution in [0.25, 0.3) is 27.9 Å². The van der Waals surface area contributed by atoms with Crippen molar-refractivity contribution in [3.8, 4) is 11.3 Å². The molecule has 0 bridgehead atoms. The molecule has 1 aliphatic rings. The highest BCUT2D eigenvalue weighted by atomic mass is 16.1. The van der Waals surface area contributed by atoms with E-state index in [9.17, 15) is 4.79 Å². The van der Waals surface area contributed by atoms with Gasteiger partial charge in [0, 0.05) is 54.7 Å². The highest BCUT2D eigenvalue weighted by Crippen LogP contribution is 2.27. The third kappa shape index (κ3) is 3.51. The zero-order chi connectivity index (χ0) is 19.8. The number of nitrogens with one attached hydrogen (secondary N) is 3. The van der Waals surface area contributed by atoms with Gasteiger partial charge in [-0.3, -0.25) is 4.79 Å². The maximum Gasteiger partial charge on any atom is 0.224 e. The second-order valence-corrected chi connectivity index (χ2v) is 7.50. The molecule has 3 N–H and O–H groups in total. The molecule has 0 atom stereocenters. The minimum atomic E-state index is 0.0411. The van der Waals surface area contributed by atoms with E-state index in [4.69, 9.17) is 0 Å². The number of hydrogen-bond donors (Lipinski definition) is 3. The number of aromatic nitrogens is 6. The number of fused-ring (bicyclic) bond motifs is 2. The smallest absolute Gasteiger partial charge is 0.224 e. The number of imidazole rings is 1. The Morgan fingerprint density at radius 3 is 2.83 bits per heavy atom. The van der Waals surface area contributed by atoms with Gasteiger partial charge in [0.2, 0.25) is 11.9 Å². The van der Waals surface area contributed by atoms with Crippen LogP contribution in [0.15, 0.2) is 36.9 Å². The van der Waals surface area contributed by atoms with E-state index in [-0.39, 0.29) is 11.9 Å². The van der Waals surface area contributed by atoms with E-state index in [2.05, 4.69) is 35.7 Å². The number of H-pyrrole nitrogens is 1. The van der Waals surface area contributed by atoms with E-state index in [0.717, 1.165) is 53.6 Å². The quantitative estimate of drug-likeness (QED) is 0.494. The molecule has 1 fully saturated rings. The molecule has 9 nitrogen and oxygen atoms in total. The first-order valence-corrected chi connectivity index (χ1v) is 9.84. The number of carbonyl (C=O) groups is 1. The molecule has 0 spiro atoms. The summed E-state index contributed by atoms with van der Waals surface area (Å²) in [6.07, 6.45) is 11.2. The fourth-order valence-electron chi connectivity index (χ4n) is 4.00. The number of nitrogens with zero attached hydrogens (tertiary/aromatic N) is 5. The van der Waals surface area contributed by atoms with Crippen LogP contribution in [-0.2, 0) is 4.79 Å². The Morgan fingerprint density at radius 2 is 2.00 bits per heavy atom. The first-order valence-electron chi connectivity index (χ1n) is 9.84. The van der Waals surface area contributed by atoms with Crippen LogP contribution < -0.4 is 10.6 Å². The molecule has 5 rings (SSSR count). The van der Waals surface area contributed by atoms with Crippen LogP contribution in [0.5, 0.6) is 0 Å². The standard InChI is InChI=1S/C20H22N8O/c1-12(29)24-13-2-4-14(5-3-13)25-20-23-11-16-15(10-22-19(16)26-20)17-6-7-18-21-8-9-28(18)27-17/h6-11,13-14H,2-5H2,1H3,(H,24,29)(H2,22,23,25,26)/t13-,14+. The van der Waals surface area contributed by atoms with Crippen molar-refractivity contribution < 1.29 is 4.79 Å².